The highest BCUT2D eigenvalue weighted by molar-refractivity contribution is 6.27. The van der Waals surface area contributed by atoms with Gasteiger partial charge in [0.15, 0.2) is 0 Å². The molecule has 8 heteroatoms. The Kier molecular flexibility index (Phi) is 6.27. The zero-order valence-corrected chi connectivity index (χ0v) is 17.5. The number of nitrogens with zero attached hydrogens (tertiary/aromatic N) is 2. The molecule has 0 aromatic heterocycles. The minimum absolute atomic E-state index is 0.0239. The molecule has 4 aliphatic carbocycles. The first-order valence-electron chi connectivity index (χ1n) is 11.1. The van der Waals surface area contributed by atoms with Crippen LogP contribution < -0.4 is 0 Å². The van der Waals surface area contributed by atoms with Gasteiger partial charge in [0.1, 0.15) is 5.82 Å². The maximum absolute atomic E-state index is 13.4. The van der Waals surface area contributed by atoms with E-state index in [9.17, 15) is 9.18 Å². The number of hydrogen-bond donors (Lipinski definition) is 2. The van der Waals surface area contributed by atoms with Crippen molar-refractivity contribution >= 4 is 17.8 Å². The van der Waals surface area contributed by atoms with Crippen LogP contribution in [0, 0.1) is 29.5 Å². The molecule has 6 rings (SSSR count). The highest BCUT2D eigenvalue weighted by Gasteiger charge is 2.50. The SMILES string of the molecule is O=C(O)C(=O)O.O=C(c1cccc(F)c1)N1CCN(C2C3CC4CC(C3)CC2C4)CC1. The Balaban J connectivity index is 0.000000342. The summed E-state index contributed by atoms with van der Waals surface area (Å²) < 4.78 is 13.4. The molecule has 1 aromatic rings. The van der Waals surface area contributed by atoms with Crippen molar-refractivity contribution in [2.24, 2.45) is 23.7 Å². The number of rotatable bonds is 2. The van der Waals surface area contributed by atoms with Gasteiger partial charge in [0.2, 0.25) is 0 Å². The minimum Gasteiger partial charge on any atom is -0.473 e. The summed E-state index contributed by atoms with van der Waals surface area (Å²) in [5, 5.41) is 14.8. The number of carbonyl (C=O) groups is 3. The monoisotopic (exact) mass is 432 g/mol. The number of amides is 1. The van der Waals surface area contributed by atoms with Crippen molar-refractivity contribution < 1.29 is 29.0 Å². The quantitative estimate of drug-likeness (QED) is 0.697. The van der Waals surface area contributed by atoms with Crippen LogP contribution in [0.5, 0.6) is 0 Å². The number of carbonyl (C=O) groups excluding carboxylic acids is 1. The molecule has 31 heavy (non-hydrogen) atoms. The number of benzene rings is 1. The number of halogens is 1. The van der Waals surface area contributed by atoms with Gasteiger partial charge in [-0.3, -0.25) is 9.69 Å². The van der Waals surface area contributed by atoms with Gasteiger partial charge in [0, 0.05) is 37.8 Å². The Morgan fingerprint density at radius 1 is 0.839 bits per heavy atom. The second-order valence-electron chi connectivity index (χ2n) is 9.37. The minimum atomic E-state index is -1.82. The molecular formula is C23H29FN2O5. The van der Waals surface area contributed by atoms with E-state index in [1.54, 1.807) is 12.1 Å². The van der Waals surface area contributed by atoms with Crippen molar-refractivity contribution in [3.05, 3.63) is 35.6 Å². The standard InChI is InChI=1S/C21H27FN2O.C2H2O4/c22-19-3-1-2-16(13-19)21(25)24-6-4-23(5-7-24)20-17-9-14-8-15(11-17)12-18(20)10-14;3-1(4)2(5)6/h1-3,13-15,17-18,20H,4-12H2;(H,3,4)(H,5,6). The number of piperazine rings is 1. The third-order valence-corrected chi connectivity index (χ3v) is 7.45. The summed E-state index contributed by atoms with van der Waals surface area (Å²) in [5.41, 5.74) is 0.475. The van der Waals surface area contributed by atoms with Crippen molar-refractivity contribution in [1.29, 1.82) is 0 Å². The fourth-order valence-corrected chi connectivity index (χ4v) is 6.52. The summed E-state index contributed by atoms with van der Waals surface area (Å²) in [6.45, 7) is 3.51. The Morgan fingerprint density at radius 3 is 1.87 bits per heavy atom. The van der Waals surface area contributed by atoms with Gasteiger partial charge in [-0.05, 0) is 74.0 Å². The maximum atomic E-state index is 13.4. The summed E-state index contributed by atoms with van der Waals surface area (Å²) in [6, 6.07) is 6.84. The van der Waals surface area contributed by atoms with Crippen molar-refractivity contribution in [2.45, 2.75) is 38.1 Å². The molecule has 1 amide bonds. The highest BCUT2D eigenvalue weighted by Crippen LogP contribution is 2.55. The molecule has 2 N–H and O–H groups in total. The second kappa shape index (κ2) is 8.94. The number of hydrogen-bond acceptors (Lipinski definition) is 4. The molecular weight excluding hydrogens is 403 g/mol. The van der Waals surface area contributed by atoms with Gasteiger partial charge in [-0.1, -0.05) is 6.07 Å². The number of carboxylic acid groups (broad SMARTS) is 2. The molecule has 5 aliphatic rings. The van der Waals surface area contributed by atoms with Gasteiger partial charge in [-0.25, -0.2) is 14.0 Å². The van der Waals surface area contributed by atoms with Crippen molar-refractivity contribution in [2.75, 3.05) is 26.2 Å². The van der Waals surface area contributed by atoms with Crippen LogP contribution in [0.15, 0.2) is 24.3 Å². The topological polar surface area (TPSA) is 98.1 Å². The van der Waals surface area contributed by atoms with Gasteiger partial charge in [0.05, 0.1) is 0 Å². The van der Waals surface area contributed by atoms with Crippen molar-refractivity contribution in [3.8, 4) is 0 Å². The van der Waals surface area contributed by atoms with E-state index in [-0.39, 0.29) is 11.7 Å². The van der Waals surface area contributed by atoms with E-state index in [0.717, 1.165) is 55.9 Å². The van der Waals surface area contributed by atoms with Crippen LogP contribution in [0.4, 0.5) is 4.39 Å². The fourth-order valence-electron chi connectivity index (χ4n) is 6.52. The normalized spacial score (nSPS) is 31.6. The molecule has 7 nitrogen and oxygen atoms in total. The van der Waals surface area contributed by atoms with Gasteiger partial charge in [0.25, 0.3) is 5.91 Å². The van der Waals surface area contributed by atoms with Crippen LogP contribution in [-0.2, 0) is 9.59 Å². The number of carboxylic acids is 2. The average molecular weight is 432 g/mol. The van der Waals surface area contributed by atoms with Gasteiger partial charge < -0.3 is 15.1 Å². The average Bonchev–Trinajstić information content (AvgIpc) is 2.73. The molecule has 0 unspecified atom stereocenters. The summed E-state index contributed by atoms with van der Waals surface area (Å²) in [5.74, 6) is -0.181. The lowest BCUT2D eigenvalue weighted by atomic mass is 9.54. The molecule has 1 heterocycles. The molecule has 1 saturated heterocycles. The molecule has 4 bridgehead atoms. The predicted octanol–water partition coefficient (Wildman–Crippen LogP) is 2.56. The maximum Gasteiger partial charge on any atom is 0.414 e. The van der Waals surface area contributed by atoms with E-state index >= 15 is 0 Å². The summed E-state index contributed by atoms with van der Waals surface area (Å²) in [6.07, 6.45) is 7.27. The molecule has 0 spiro atoms. The van der Waals surface area contributed by atoms with E-state index < -0.39 is 11.9 Å². The molecule has 4 saturated carbocycles. The summed E-state index contributed by atoms with van der Waals surface area (Å²) in [7, 11) is 0. The summed E-state index contributed by atoms with van der Waals surface area (Å²) >= 11 is 0. The van der Waals surface area contributed by atoms with Gasteiger partial charge in [-0.2, -0.15) is 0 Å². The predicted molar refractivity (Wildman–Crippen MR) is 110 cm³/mol. The van der Waals surface area contributed by atoms with E-state index in [0.29, 0.717) is 5.56 Å². The number of aliphatic carboxylic acids is 2. The Labute approximate surface area is 180 Å². The summed E-state index contributed by atoms with van der Waals surface area (Å²) in [4.78, 5) is 35.4. The Bertz CT molecular complexity index is 812. The largest absolute Gasteiger partial charge is 0.473 e. The first-order valence-corrected chi connectivity index (χ1v) is 11.1. The lowest BCUT2D eigenvalue weighted by Crippen LogP contribution is -2.60. The molecule has 168 valence electrons. The van der Waals surface area contributed by atoms with Crippen LogP contribution >= 0.6 is 0 Å². The first kappa shape index (κ1) is 21.7. The highest BCUT2D eigenvalue weighted by atomic mass is 19.1. The third kappa shape index (κ3) is 4.74. The molecule has 1 aromatic carbocycles. The van der Waals surface area contributed by atoms with Gasteiger partial charge in [-0.15, -0.1) is 0 Å². The van der Waals surface area contributed by atoms with Crippen molar-refractivity contribution in [1.82, 2.24) is 9.80 Å². The van der Waals surface area contributed by atoms with E-state index in [1.165, 1.54) is 44.2 Å². The van der Waals surface area contributed by atoms with Crippen LogP contribution in [-0.4, -0.2) is 70.1 Å². The lowest BCUT2D eigenvalue weighted by molar-refractivity contribution is -0.159. The van der Waals surface area contributed by atoms with Crippen molar-refractivity contribution in [3.63, 3.8) is 0 Å². The lowest BCUT2D eigenvalue weighted by Gasteiger charge is -2.58. The van der Waals surface area contributed by atoms with Gasteiger partial charge >= 0.3 is 11.9 Å². The van der Waals surface area contributed by atoms with Crippen LogP contribution in [0.3, 0.4) is 0 Å². The van der Waals surface area contributed by atoms with E-state index in [2.05, 4.69) is 4.90 Å². The molecule has 1 aliphatic heterocycles. The van der Waals surface area contributed by atoms with Crippen LogP contribution in [0.25, 0.3) is 0 Å². The third-order valence-electron chi connectivity index (χ3n) is 7.45. The second-order valence-corrected chi connectivity index (χ2v) is 9.37. The fraction of sp³-hybridized carbons (Fsp3) is 0.609. The molecule has 0 radical (unpaired) electrons. The van der Waals surface area contributed by atoms with E-state index in [1.807, 2.05) is 4.90 Å². The molecule has 0 atom stereocenters. The Morgan fingerprint density at radius 2 is 1.39 bits per heavy atom. The molecule has 5 fully saturated rings. The zero-order valence-electron chi connectivity index (χ0n) is 17.5. The van der Waals surface area contributed by atoms with Crippen LogP contribution in [0.2, 0.25) is 0 Å². The smallest absolute Gasteiger partial charge is 0.414 e. The Hall–Kier alpha value is -2.48. The zero-order chi connectivity index (χ0) is 22.1. The van der Waals surface area contributed by atoms with Crippen LogP contribution in [0.1, 0.15) is 42.5 Å². The first-order chi connectivity index (χ1) is 14.8. The van der Waals surface area contributed by atoms with E-state index in [4.69, 9.17) is 19.8 Å².